The molecule has 3 fully saturated rings. The van der Waals surface area contributed by atoms with Crippen molar-refractivity contribution in [3.8, 4) is 34.5 Å². The average molecular weight is 804 g/mol. The van der Waals surface area contributed by atoms with Crippen molar-refractivity contribution < 1.29 is 32.1 Å². The van der Waals surface area contributed by atoms with Gasteiger partial charge in [-0.25, -0.2) is 13.2 Å². The number of fused-ring (bicyclic) bond motifs is 3. The van der Waals surface area contributed by atoms with Crippen molar-refractivity contribution in [2.24, 2.45) is 0 Å². The van der Waals surface area contributed by atoms with Crippen LogP contribution in [-0.4, -0.2) is 99.0 Å². The van der Waals surface area contributed by atoms with Crippen LogP contribution in [0.4, 0.5) is 19.0 Å². The Morgan fingerprint density at radius 3 is 2.53 bits per heavy atom. The smallest absolute Gasteiger partial charge is 0.319 e. The summed E-state index contributed by atoms with van der Waals surface area (Å²) in [7, 11) is -0.769. The molecule has 0 spiro atoms. The summed E-state index contributed by atoms with van der Waals surface area (Å²) in [6.07, 6.45) is 3.60. The van der Waals surface area contributed by atoms with E-state index in [2.05, 4.69) is 62.8 Å². The van der Waals surface area contributed by atoms with Gasteiger partial charge in [0.25, 0.3) is 0 Å². The van der Waals surface area contributed by atoms with Crippen molar-refractivity contribution in [1.82, 2.24) is 19.9 Å². The third-order valence-electron chi connectivity index (χ3n) is 12.7. The summed E-state index contributed by atoms with van der Waals surface area (Å²) in [5, 5.41) is 1.46. The third-order valence-corrected chi connectivity index (χ3v) is 18.9. The van der Waals surface area contributed by atoms with Gasteiger partial charge in [-0.05, 0) is 72.9 Å². The molecule has 2 aromatic heterocycles. The molecule has 9 nitrogen and oxygen atoms in total. The summed E-state index contributed by atoms with van der Waals surface area (Å²) in [6.45, 7) is 18.2. The van der Waals surface area contributed by atoms with E-state index in [9.17, 15) is 4.39 Å². The first-order chi connectivity index (χ1) is 27.3. The molecule has 0 bridgehead atoms. The zero-order chi connectivity index (χ0) is 40.6. The van der Waals surface area contributed by atoms with Crippen molar-refractivity contribution in [1.29, 1.82) is 0 Å². The normalized spacial score (nSPS) is 21.8. The Balaban J connectivity index is 1.43. The molecule has 0 aliphatic carbocycles. The van der Waals surface area contributed by atoms with Crippen molar-refractivity contribution in [3.05, 3.63) is 47.7 Å². The van der Waals surface area contributed by atoms with Crippen LogP contribution in [-0.2, 0) is 9.47 Å². The van der Waals surface area contributed by atoms with Crippen LogP contribution in [0.5, 0.6) is 11.8 Å². The number of pyridine rings is 1. The molecule has 306 valence electrons. The Kier molecular flexibility index (Phi) is 12.1. The summed E-state index contributed by atoms with van der Waals surface area (Å²) >= 11 is 0. The van der Waals surface area contributed by atoms with Crippen LogP contribution in [0.1, 0.15) is 79.7 Å². The highest BCUT2D eigenvalue weighted by Gasteiger charge is 2.49. The van der Waals surface area contributed by atoms with E-state index in [0.29, 0.717) is 82.6 Å². The lowest BCUT2D eigenvalue weighted by molar-refractivity contribution is 0.0512. The SMILES string of the molecule is COCOc1cc(-c2ncc3c(N4CCOC(C)CC4)nc(OC[C@@]45CCCN4C[C@H](F)C5)nc3c2F)c2c(C#C[Si](C(C)C)(C(C)C)C(C)C)c(F)ccc2c1. The number of hydrogen-bond donors (Lipinski definition) is 0. The predicted octanol–water partition coefficient (Wildman–Crippen LogP) is 9.25. The van der Waals surface area contributed by atoms with Crippen LogP contribution >= 0.6 is 0 Å². The number of benzene rings is 2. The molecular weight excluding hydrogens is 748 g/mol. The molecule has 2 aromatic carbocycles. The highest BCUT2D eigenvalue weighted by atomic mass is 28.3. The maximum absolute atomic E-state index is 17.6. The van der Waals surface area contributed by atoms with Crippen LogP contribution in [0.2, 0.25) is 16.6 Å². The summed E-state index contributed by atoms with van der Waals surface area (Å²) in [4.78, 5) is 18.5. The number of aromatic nitrogens is 3. The Hall–Kier alpha value is -3.96. The van der Waals surface area contributed by atoms with Gasteiger partial charge >= 0.3 is 6.01 Å². The summed E-state index contributed by atoms with van der Waals surface area (Å²) in [5.74, 6) is 3.00. The van der Waals surface area contributed by atoms with Crippen molar-refractivity contribution in [2.75, 3.05) is 58.2 Å². The maximum atomic E-state index is 17.6. The number of nitrogens with zero attached hydrogens (tertiary/aromatic N) is 5. The Morgan fingerprint density at radius 2 is 1.79 bits per heavy atom. The van der Waals surface area contributed by atoms with Gasteiger partial charge in [-0.2, -0.15) is 9.97 Å². The van der Waals surface area contributed by atoms with E-state index in [1.165, 1.54) is 13.2 Å². The van der Waals surface area contributed by atoms with E-state index in [1.807, 2.05) is 6.92 Å². The Labute approximate surface area is 335 Å². The maximum Gasteiger partial charge on any atom is 0.319 e. The van der Waals surface area contributed by atoms with Gasteiger partial charge in [0, 0.05) is 50.3 Å². The molecule has 57 heavy (non-hydrogen) atoms. The zero-order valence-electron chi connectivity index (χ0n) is 34.6. The van der Waals surface area contributed by atoms with Gasteiger partial charge < -0.3 is 23.8 Å². The van der Waals surface area contributed by atoms with Crippen molar-refractivity contribution in [2.45, 2.75) is 109 Å². The number of anilines is 1. The molecule has 3 aliphatic heterocycles. The minimum Gasteiger partial charge on any atom is -0.468 e. The van der Waals surface area contributed by atoms with Crippen LogP contribution in [0.3, 0.4) is 0 Å². The van der Waals surface area contributed by atoms with Gasteiger partial charge in [0.1, 0.15) is 49.4 Å². The second kappa shape index (κ2) is 16.7. The first-order valence-corrected chi connectivity index (χ1v) is 22.7. The number of methoxy groups -OCH3 is 1. The fourth-order valence-electron chi connectivity index (χ4n) is 9.81. The molecular formula is C44H56F3N5O4Si. The quantitative estimate of drug-likeness (QED) is 0.0838. The number of ether oxygens (including phenoxy) is 4. The zero-order valence-corrected chi connectivity index (χ0v) is 35.6. The number of hydrogen-bond acceptors (Lipinski definition) is 9. The second-order valence-electron chi connectivity index (χ2n) is 17.0. The molecule has 7 rings (SSSR count). The third kappa shape index (κ3) is 7.82. The summed E-state index contributed by atoms with van der Waals surface area (Å²) in [6, 6.07) is 6.51. The molecule has 3 aliphatic rings. The van der Waals surface area contributed by atoms with Gasteiger partial charge in [0.15, 0.2) is 12.6 Å². The molecule has 0 saturated carbocycles. The summed E-state index contributed by atoms with van der Waals surface area (Å²) in [5.41, 5.74) is 4.67. The van der Waals surface area contributed by atoms with E-state index in [4.69, 9.17) is 33.9 Å². The number of rotatable bonds is 11. The lowest BCUT2D eigenvalue weighted by Gasteiger charge is -2.38. The molecule has 5 heterocycles. The lowest BCUT2D eigenvalue weighted by atomic mass is 9.95. The predicted molar refractivity (Wildman–Crippen MR) is 221 cm³/mol. The fraction of sp³-hybridized carbons (Fsp3) is 0.568. The molecule has 3 atom stereocenters. The van der Waals surface area contributed by atoms with Crippen LogP contribution in [0, 0.1) is 23.1 Å². The van der Waals surface area contributed by atoms with Crippen molar-refractivity contribution in [3.63, 3.8) is 0 Å². The largest absolute Gasteiger partial charge is 0.468 e. The minimum atomic E-state index is -2.29. The Bertz CT molecular complexity index is 2160. The van der Waals surface area contributed by atoms with Gasteiger partial charge in [0.05, 0.1) is 29.2 Å². The molecule has 3 saturated heterocycles. The standard InChI is InChI=1S/C44H56F3N5O4Si/c1-27(2)57(28(3)4,29(5)6)19-13-34-37(46)11-10-31-20-33(56-26-53-8)21-35(38(31)34)40-39(47)41-36(23-48-40)42(51-16-12-30(7)54-18-17-51)50-43(49-41)55-25-44-14-9-15-52(44)24-32(45)22-44/h10-11,20-21,23,27-30,32H,9,12,14-18,22,24-26H2,1-8H3/t30?,32-,44+/m1/s1. The van der Waals surface area contributed by atoms with Gasteiger partial charge in [-0.15, -0.1) is 5.54 Å². The molecule has 4 aromatic rings. The first-order valence-electron chi connectivity index (χ1n) is 20.4. The minimum absolute atomic E-state index is 0.00675. The Morgan fingerprint density at radius 1 is 1.02 bits per heavy atom. The second-order valence-corrected chi connectivity index (χ2v) is 22.6. The molecule has 0 N–H and O–H groups in total. The lowest BCUT2D eigenvalue weighted by Crippen LogP contribution is -2.43. The van der Waals surface area contributed by atoms with E-state index >= 15 is 8.78 Å². The average Bonchev–Trinajstić information content (AvgIpc) is 3.61. The fourth-order valence-corrected chi connectivity index (χ4v) is 15.0. The number of halogens is 3. The topological polar surface area (TPSA) is 82.1 Å². The highest BCUT2D eigenvalue weighted by molar-refractivity contribution is 6.90. The molecule has 0 radical (unpaired) electrons. The highest BCUT2D eigenvalue weighted by Crippen LogP contribution is 2.44. The molecule has 1 unspecified atom stereocenters. The number of alkyl halides is 1. The van der Waals surface area contributed by atoms with Crippen molar-refractivity contribution >= 4 is 35.6 Å². The molecule has 0 amide bonds. The molecule has 13 heteroatoms. The van der Waals surface area contributed by atoms with Gasteiger partial charge in [-0.1, -0.05) is 53.5 Å². The first kappa shape index (κ1) is 41.2. The van der Waals surface area contributed by atoms with Gasteiger partial charge in [-0.3, -0.25) is 9.88 Å². The van der Waals surface area contributed by atoms with E-state index in [-0.39, 0.29) is 42.3 Å². The van der Waals surface area contributed by atoms with Crippen LogP contribution < -0.4 is 14.4 Å². The summed E-state index contributed by atoms with van der Waals surface area (Å²) < 4.78 is 71.9. The van der Waals surface area contributed by atoms with Crippen LogP contribution in [0.15, 0.2) is 30.5 Å². The van der Waals surface area contributed by atoms with Crippen LogP contribution in [0.25, 0.3) is 32.9 Å². The van der Waals surface area contributed by atoms with E-state index in [1.54, 1.807) is 24.4 Å². The van der Waals surface area contributed by atoms with E-state index in [0.717, 1.165) is 25.8 Å². The van der Waals surface area contributed by atoms with Gasteiger partial charge in [0.2, 0.25) is 0 Å². The van der Waals surface area contributed by atoms with E-state index < -0.39 is 31.4 Å². The monoisotopic (exact) mass is 803 g/mol.